The topological polar surface area (TPSA) is 38.9 Å². The number of nitrogens with zero attached hydrogens (tertiary/aromatic N) is 1. The molecule has 1 fully saturated rings. The van der Waals surface area contributed by atoms with Crippen LogP contribution in [0, 0.1) is 5.92 Å². The number of aromatic nitrogens is 1. The van der Waals surface area contributed by atoms with Gasteiger partial charge in [0.15, 0.2) is 5.01 Å². The second-order valence-corrected chi connectivity index (χ2v) is 6.08. The van der Waals surface area contributed by atoms with E-state index in [0.717, 1.165) is 32.1 Å². The van der Waals surface area contributed by atoms with Crippen LogP contribution in [0.2, 0.25) is 0 Å². The Labute approximate surface area is 108 Å². The standard InChI is InChI=1S/C12H17F3N2S/c1-2-8-4-3-5-11(16,6-8)9-7-17-10(18-9)12(13,14)15/h7-8H,2-6,16H2,1H3. The van der Waals surface area contributed by atoms with Crippen LogP contribution in [0.3, 0.4) is 0 Å². The zero-order valence-electron chi connectivity index (χ0n) is 10.3. The van der Waals surface area contributed by atoms with Gasteiger partial charge in [-0.2, -0.15) is 13.2 Å². The van der Waals surface area contributed by atoms with E-state index in [0.29, 0.717) is 22.1 Å². The molecule has 1 aromatic rings. The molecule has 102 valence electrons. The molecular weight excluding hydrogens is 261 g/mol. The molecule has 18 heavy (non-hydrogen) atoms. The van der Waals surface area contributed by atoms with Gasteiger partial charge >= 0.3 is 6.18 Å². The van der Waals surface area contributed by atoms with Crippen molar-refractivity contribution in [3.05, 3.63) is 16.1 Å². The van der Waals surface area contributed by atoms with E-state index in [-0.39, 0.29) is 0 Å². The quantitative estimate of drug-likeness (QED) is 0.890. The Morgan fingerprint density at radius 1 is 1.56 bits per heavy atom. The van der Waals surface area contributed by atoms with Crippen LogP contribution in [0.5, 0.6) is 0 Å². The van der Waals surface area contributed by atoms with Crippen molar-refractivity contribution in [3.63, 3.8) is 0 Å². The van der Waals surface area contributed by atoms with Crippen molar-refractivity contribution in [1.29, 1.82) is 0 Å². The van der Waals surface area contributed by atoms with E-state index in [2.05, 4.69) is 11.9 Å². The van der Waals surface area contributed by atoms with Gasteiger partial charge in [-0.05, 0) is 18.8 Å². The summed E-state index contributed by atoms with van der Waals surface area (Å²) in [4.78, 5) is 4.05. The third kappa shape index (κ3) is 2.69. The highest BCUT2D eigenvalue weighted by atomic mass is 32.1. The van der Waals surface area contributed by atoms with E-state index in [1.165, 1.54) is 6.20 Å². The number of rotatable bonds is 2. The second-order valence-electron chi connectivity index (χ2n) is 5.05. The molecule has 0 aliphatic heterocycles. The van der Waals surface area contributed by atoms with E-state index in [4.69, 9.17) is 5.73 Å². The maximum absolute atomic E-state index is 12.5. The predicted molar refractivity (Wildman–Crippen MR) is 65.2 cm³/mol. The molecule has 2 atom stereocenters. The molecule has 0 bridgehead atoms. The summed E-state index contributed by atoms with van der Waals surface area (Å²) in [6, 6.07) is 0. The highest BCUT2D eigenvalue weighted by Crippen LogP contribution is 2.43. The predicted octanol–water partition coefficient (Wildman–Crippen LogP) is 3.92. The van der Waals surface area contributed by atoms with Crippen molar-refractivity contribution < 1.29 is 13.2 Å². The molecule has 1 heterocycles. The van der Waals surface area contributed by atoms with Gasteiger partial charge in [0.25, 0.3) is 0 Å². The first-order valence-electron chi connectivity index (χ1n) is 6.17. The molecule has 0 aromatic carbocycles. The molecule has 2 nitrogen and oxygen atoms in total. The minimum Gasteiger partial charge on any atom is -0.321 e. The Bertz CT molecular complexity index is 416. The van der Waals surface area contributed by atoms with Gasteiger partial charge in [-0.25, -0.2) is 4.98 Å². The fourth-order valence-corrected chi connectivity index (χ4v) is 3.56. The monoisotopic (exact) mass is 278 g/mol. The van der Waals surface area contributed by atoms with Crippen LogP contribution < -0.4 is 5.73 Å². The molecule has 1 saturated carbocycles. The summed E-state index contributed by atoms with van der Waals surface area (Å²) < 4.78 is 37.6. The minimum absolute atomic E-state index is 0.514. The Balaban J connectivity index is 2.22. The first kappa shape index (κ1) is 13.8. The van der Waals surface area contributed by atoms with E-state index in [1.807, 2.05) is 0 Å². The molecule has 2 unspecified atom stereocenters. The third-order valence-electron chi connectivity index (χ3n) is 3.70. The third-order valence-corrected chi connectivity index (χ3v) is 4.97. The molecule has 1 aromatic heterocycles. The van der Waals surface area contributed by atoms with Crippen LogP contribution in [0.1, 0.15) is 48.9 Å². The summed E-state index contributed by atoms with van der Waals surface area (Å²) in [5.74, 6) is 0.514. The van der Waals surface area contributed by atoms with Crippen molar-refractivity contribution in [2.75, 3.05) is 0 Å². The lowest BCUT2D eigenvalue weighted by Gasteiger charge is -2.36. The normalized spacial score (nSPS) is 29.5. The van der Waals surface area contributed by atoms with Gasteiger partial charge in [0.2, 0.25) is 0 Å². The van der Waals surface area contributed by atoms with E-state index in [1.54, 1.807) is 0 Å². The van der Waals surface area contributed by atoms with E-state index < -0.39 is 16.7 Å². The van der Waals surface area contributed by atoms with Gasteiger partial charge in [0.1, 0.15) is 0 Å². The van der Waals surface area contributed by atoms with Crippen molar-refractivity contribution in [2.45, 2.75) is 50.7 Å². The number of halogens is 3. The van der Waals surface area contributed by atoms with Crippen LogP contribution in [-0.4, -0.2) is 4.98 Å². The van der Waals surface area contributed by atoms with Crippen molar-refractivity contribution >= 4 is 11.3 Å². The number of nitrogens with two attached hydrogens (primary N) is 1. The maximum Gasteiger partial charge on any atom is 0.443 e. The Morgan fingerprint density at radius 3 is 2.83 bits per heavy atom. The van der Waals surface area contributed by atoms with Crippen LogP contribution >= 0.6 is 11.3 Å². The average Bonchev–Trinajstić information content (AvgIpc) is 2.78. The summed E-state index contributed by atoms with van der Waals surface area (Å²) in [6.45, 7) is 2.10. The van der Waals surface area contributed by atoms with Gasteiger partial charge in [-0.15, -0.1) is 11.3 Å². The highest BCUT2D eigenvalue weighted by molar-refractivity contribution is 7.11. The largest absolute Gasteiger partial charge is 0.443 e. The SMILES string of the molecule is CCC1CCCC(N)(c2cnc(C(F)(F)F)s2)C1. The fraction of sp³-hybridized carbons (Fsp3) is 0.750. The van der Waals surface area contributed by atoms with Crippen LogP contribution in [0.25, 0.3) is 0 Å². The first-order chi connectivity index (χ1) is 8.35. The molecular formula is C12H17F3N2S. The lowest BCUT2D eigenvalue weighted by atomic mass is 9.75. The lowest BCUT2D eigenvalue weighted by molar-refractivity contribution is -0.137. The van der Waals surface area contributed by atoms with E-state index in [9.17, 15) is 13.2 Å². The number of alkyl halides is 3. The van der Waals surface area contributed by atoms with Gasteiger partial charge in [0, 0.05) is 11.1 Å². The van der Waals surface area contributed by atoms with Crippen LogP contribution in [0.4, 0.5) is 13.2 Å². The number of thiazole rings is 1. The Morgan fingerprint density at radius 2 is 2.28 bits per heavy atom. The van der Waals surface area contributed by atoms with Gasteiger partial charge < -0.3 is 5.73 Å². The second kappa shape index (κ2) is 4.81. The molecule has 2 rings (SSSR count). The zero-order chi connectivity index (χ0) is 13.4. The lowest BCUT2D eigenvalue weighted by Crippen LogP contribution is -2.40. The zero-order valence-corrected chi connectivity index (χ0v) is 11.1. The van der Waals surface area contributed by atoms with Gasteiger partial charge in [-0.1, -0.05) is 26.2 Å². The highest BCUT2D eigenvalue weighted by Gasteiger charge is 2.39. The molecule has 0 saturated heterocycles. The van der Waals surface area contributed by atoms with E-state index >= 15 is 0 Å². The molecule has 0 amide bonds. The molecule has 0 radical (unpaired) electrons. The summed E-state index contributed by atoms with van der Waals surface area (Å²) in [5, 5.41) is -0.791. The van der Waals surface area contributed by atoms with Crippen molar-refractivity contribution in [1.82, 2.24) is 4.98 Å². The molecule has 1 aliphatic carbocycles. The maximum atomic E-state index is 12.5. The molecule has 1 aliphatic rings. The van der Waals surface area contributed by atoms with Crippen molar-refractivity contribution in [3.8, 4) is 0 Å². The van der Waals surface area contributed by atoms with Crippen LogP contribution in [-0.2, 0) is 11.7 Å². The van der Waals surface area contributed by atoms with Crippen molar-refractivity contribution in [2.24, 2.45) is 11.7 Å². The van der Waals surface area contributed by atoms with Crippen LogP contribution in [0.15, 0.2) is 6.20 Å². The summed E-state index contributed by atoms with van der Waals surface area (Å²) in [7, 11) is 0. The Kier molecular flexibility index (Phi) is 3.69. The minimum atomic E-state index is -4.36. The smallest absolute Gasteiger partial charge is 0.321 e. The molecule has 0 spiro atoms. The van der Waals surface area contributed by atoms with Gasteiger partial charge in [-0.3, -0.25) is 0 Å². The number of hydrogen-bond acceptors (Lipinski definition) is 3. The Hall–Kier alpha value is -0.620. The molecule has 6 heteroatoms. The van der Waals surface area contributed by atoms with Gasteiger partial charge in [0.05, 0.1) is 5.54 Å². The summed E-state index contributed by atoms with van der Waals surface area (Å²) >= 11 is 0.697. The fourth-order valence-electron chi connectivity index (χ4n) is 2.63. The first-order valence-corrected chi connectivity index (χ1v) is 6.99. The number of hydrogen-bond donors (Lipinski definition) is 1. The summed E-state index contributed by atoms with van der Waals surface area (Å²) in [6.07, 6.45) is 1.61. The summed E-state index contributed by atoms with van der Waals surface area (Å²) in [5.41, 5.74) is 5.70. The molecule has 2 N–H and O–H groups in total. The average molecular weight is 278 g/mol.